The number of fused-ring (bicyclic) bond motifs is 3. The van der Waals surface area contributed by atoms with Gasteiger partial charge in [-0.3, -0.25) is 19.3 Å². The van der Waals surface area contributed by atoms with Crippen LogP contribution in [0.5, 0.6) is 5.75 Å². The molecule has 222 valence electrons. The van der Waals surface area contributed by atoms with Gasteiger partial charge in [0.25, 0.3) is 0 Å². The number of aromatic hydroxyl groups is 1. The summed E-state index contributed by atoms with van der Waals surface area (Å²) in [7, 11) is 3.26. The van der Waals surface area contributed by atoms with E-state index in [-0.39, 0.29) is 22.6 Å². The molecule has 5 N–H and O–H groups in total. The van der Waals surface area contributed by atoms with E-state index in [0.29, 0.717) is 10.7 Å². The van der Waals surface area contributed by atoms with Gasteiger partial charge in [0, 0.05) is 28.4 Å². The molecule has 11 heteroatoms. The fraction of sp³-hybridized carbons (Fsp3) is 0.312. The van der Waals surface area contributed by atoms with Crippen LogP contribution >= 0.6 is 11.3 Å². The zero-order chi connectivity index (χ0) is 30.9. The number of aromatic nitrogens is 1. The maximum absolute atomic E-state index is 14.1. The third-order valence-corrected chi connectivity index (χ3v) is 9.67. The molecule has 10 nitrogen and oxygen atoms in total. The van der Waals surface area contributed by atoms with Gasteiger partial charge in [0.15, 0.2) is 22.5 Å². The van der Waals surface area contributed by atoms with Gasteiger partial charge in [0.05, 0.1) is 35.0 Å². The second kappa shape index (κ2) is 10.4. The third kappa shape index (κ3) is 4.30. The largest absolute Gasteiger partial charge is 0.510 e. The number of aliphatic hydroxyl groups excluding tert-OH is 3. The maximum Gasteiger partial charge on any atom is 0.187 e. The van der Waals surface area contributed by atoms with Crippen LogP contribution in [-0.4, -0.2) is 73.9 Å². The standard InChI is InChI=1S/C32H31N3O7S/c1-13-16-10-11-17(33-32-34-18(12-43-32)15-8-6-5-7-9-15)26(37)21(16)29(40)23-19(13)27(38)22-24(30(23)41)28(39)20(14(2)36)31(42)25(22)35(3)4/h5-13,19,22,24-25,27,37-38,40,42H,1-4H3,(H,33,34)/t13-,19?,22?,24?,25-,27-/m0/s1. The van der Waals surface area contributed by atoms with Crippen molar-refractivity contribution in [1.82, 2.24) is 9.88 Å². The highest BCUT2D eigenvalue weighted by Crippen LogP contribution is 2.55. The van der Waals surface area contributed by atoms with Crippen molar-refractivity contribution in [2.45, 2.75) is 31.9 Å². The molecule has 1 fully saturated rings. The highest BCUT2D eigenvalue weighted by molar-refractivity contribution is 7.14. The molecule has 0 saturated heterocycles. The molecule has 6 atom stereocenters. The molecule has 3 aromatic rings. The van der Waals surface area contributed by atoms with Gasteiger partial charge in [-0.1, -0.05) is 43.3 Å². The molecule has 3 unspecified atom stereocenters. The third-order valence-electron chi connectivity index (χ3n) is 8.91. The lowest BCUT2D eigenvalue weighted by atomic mass is 9.56. The number of hydrogen-bond donors (Lipinski definition) is 5. The molecule has 43 heavy (non-hydrogen) atoms. The Bertz CT molecular complexity index is 1740. The summed E-state index contributed by atoms with van der Waals surface area (Å²) < 4.78 is 0. The molecule has 0 amide bonds. The summed E-state index contributed by atoms with van der Waals surface area (Å²) in [4.78, 5) is 46.2. The van der Waals surface area contributed by atoms with Crippen LogP contribution in [0.2, 0.25) is 0 Å². The lowest BCUT2D eigenvalue weighted by molar-refractivity contribution is -0.143. The Balaban J connectivity index is 1.43. The van der Waals surface area contributed by atoms with Crippen molar-refractivity contribution in [3.63, 3.8) is 0 Å². The van der Waals surface area contributed by atoms with Crippen molar-refractivity contribution in [2.24, 2.45) is 17.8 Å². The van der Waals surface area contributed by atoms with E-state index in [1.807, 2.05) is 35.7 Å². The number of carbonyl (C=O) groups excluding carboxylic acids is 3. The van der Waals surface area contributed by atoms with Gasteiger partial charge < -0.3 is 25.7 Å². The zero-order valence-electron chi connectivity index (χ0n) is 23.9. The number of Topliss-reactive ketones (excluding diaryl/α,β-unsaturated/α-hetero) is 3. The number of aliphatic hydroxyl groups is 3. The van der Waals surface area contributed by atoms with Crippen molar-refractivity contribution in [3.05, 3.63) is 75.9 Å². The van der Waals surface area contributed by atoms with Crippen LogP contribution in [0.3, 0.4) is 0 Å². The number of carbonyl (C=O) groups is 3. The van der Waals surface area contributed by atoms with Gasteiger partial charge in [-0.05, 0) is 38.6 Å². The van der Waals surface area contributed by atoms with Crippen LogP contribution < -0.4 is 5.32 Å². The summed E-state index contributed by atoms with van der Waals surface area (Å²) in [6.07, 6.45) is -1.33. The molecular formula is C32H31N3O7S. The molecular weight excluding hydrogens is 570 g/mol. The lowest BCUT2D eigenvalue weighted by Crippen LogP contribution is -2.61. The zero-order valence-corrected chi connectivity index (χ0v) is 24.7. The van der Waals surface area contributed by atoms with E-state index >= 15 is 0 Å². The maximum atomic E-state index is 14.1. The van der Waals surface area contributed by atoms with Crippen molar-refractivity contribution in [3.8, 4) is 17.0 Å². The summed E-state index contributed by atoms with van der Waals surface area (Å²) in [5.74, 6) is -7.63. The van der Waals surface area contributed by atoms with Crippen LogP contribution in [0.25, 0.3) is 17.0 Å². The molecule has 6 rings (SSSR count). The molecule has 1 aromatic heterocycles. The number of nitrogens with zero attached hydrogens (tertiary/aromatic N) is 2. The summed E-state index contributed by atoms with van der Waals surface area (Å²) in [5, 5.41) is 51.1. The SMILES string of the molecule is CC(=O)C1=C(O)[C@@H](N(C)C)C2C(C1=O)C(=O)C1=C(O)c3c(ccc(Nc4nc(-c5ccccc5)cs4)c3O)[C@H](C)C1[C@@H]2O. The Labute approximate surface area is 251 Å². The predicted octanol–water partition coefficient (Wildman–Crippen LogP) is 4.35. The number of phenolic OH excluding ortho intramolecular Hbond substituents is 1. The van der Waals surface area contributed by atoms with E-state index in [1.54, 1.807) is 38.1 Å². The Kier molecular flexibility index (Phi) is 6.99. The van der Waals surface area contributed by atoms with Gasteiger partial charge >= 0.3 is 0 Å². The second-order valence-electron chi connectivity index (χ2n) is 11.5. The minimum Gasteiger partial charge on any atom is -0.510 e. The summed E-state index contributed by atoms with van der Waals surface area (Å²) in [6, 6.07) is 12.0. The lowest BCUT2D eigenvalue weighted by Gasteiger charge is -2.50. The number of hydrogen-bond acceptors (Lipinski definition) is 11. The fourth-order valence-electron chi connectivity index (χ4n) is 7.00. The second-order valence-corrected chi connectivity index (χ2v) is 12.4. The highest BCUT2D eigenvalue weighted by atomic mass is 32.1. The van der Waals surface area contributed by atoms with Crippen LogP contribution in [-0.2, 0) is 14.4 Å². The van der Waals surface area contributed by atoms with E-state index < -0.39 is 70.3 Å². The number of anilines is 2. The molecule has 0 spiro atoms. The van der Waals surface area contributed by atoms with E-state index in [2.05, 4.69) is 10.3 Å². The number of ketones is 3. The average Bonchev–Trinajstić information content (AvgIpc) is 3.43. The van der Waals surface area contributed by atoms with E-state index in [9.17, 15) is 34.8 Å². The van der Waals surface area contributed by atoms with Gasteiger partial charge in [-0.15, -0.1) is 11.3 Å². The first-order valence-electron chi connectivity index (χ1n) is 13.9. The van der Waals surface area contributed by atoms with Crippen molar-refractivity contribution < 1.29 is 34.8 Å². The van der Waals surface area contributed by atoms with Gasteiger partial charge in [0.1, 0.15) is 22.8 Å². The van der Waals surface area contributed by atoms with Gasteiger partial charge in [-0.25, -0.2) is 4.98 Å². The minimum atomic E-state index is -1.49. The van der Waals surface area contributed by atoms with E-state index in [0.717, 1.165) is 18.2 Å². The molecule has 1 heterocycles. The molecule has 0 radical (unpaired) electrons. The number of likely N-dealkylation sites (N-methyl/N-ethyl adjacent to an activating group) is 1. The molecule has 3 aliphatic rings. The first-order valence-corrected chi connectivity index (χ1v) is 14.8. The minimum absolute atomic E-state index is 0.0280. The normalized spacial score (nSPS) is 26.7. The first kappa shape index (κ1) is 28.8. The number of benzene rings is 2. The summed E-state index contributed by atoms with van der Waals surface area (Å²) >= 11 is 1.33. The quantitative estimate of drug-likeness (QED) is 0.162. The van der Waals surface area contributed by atoms with Crippen LogP contribution in [0.1, 0.15) is 30.9 Å². The number of allylic oxidation sites excluding steroid dienone is 1. The smallest absolute Gasteiger partial charge is 0.187 e. The number of rotatable bonds is 5. The summed E-state index contributed by atoms with van der Waals surface area (Å²) in [5.41, 5.74) is 1.83. The van der Waals surface area contributed by atoms with Gasteiger partial charge in [-0.2, -0.15) is 0 Å². The Hall–Kier alpha value is -4.32. The van der Waals surface area contributed by atoms with Crippen molar-refractivity contribution >= 4 is 45.3 Å². The average molecular weight is 602 g/mol. The van der Waals surface area contributed by atoms with Crippen LogP contribution in [0, 0.1) is 17.8 Å². The van der Waals surface area contributed by atoms with Gasteiger partial charge in [0.2, 0.25) is 0 Å². The molecule has 3 aliphatic carbocycles. The molecule has 1 saturated carbocycles. The predicted molar refractivity (Wildman–Crippen MR) is 161 cm³/mol. The molecule has 2 aromatic carbocycles. The van der Waals surface area contributed by atoms with Crippen LogP contribution in [0.4, 0.5) is 10.8 Å². The topological polar surface area (TPSA) is 160 Å². The van der Waals surface area contributed by atoms with Crippen molar-refractivity contribution in [2.75, 3.05) is 19.4 Å². The van der Waals surface area contributed by atoms with E-state index in [1.165, 1.54) is 11.3 Å². The number of phenols is 1. The Morgan fingerprint density at radius 1 is 1.02 bits per heavy atom. The summed E-state index contributed by atoms with van der Waals surface area (Å²) in [6.45, 7) is 2.91. The first-order chi connectivity index (χ1) is 20.4. The number of thiazole rings is 1. The highest BCUT2D eigenvalue weighted by Gasteiger charge is 2.60. The Morgan fingerprint density at radius 2 is 1.72 bits per heavy atom. The monoisotopic (exact) mass is 601 g/mol. The Morgan fingerprint density at radius 3 is 2.37 bits per heavy atom. The van der Waals surface area contributed by atoms with E-state index in [4.69, 9.17) is 0 Å². The fourth-order valence-corrected chi connectivity index (χ4v) is 7.74. The van der Waals surface area contributed by atoms with Crippen molar-refractivity contribution in [1.29, 1.82) is 0 Å². The molecule has 0 bridgehead atoms. The molecule has 0 aliphatic heterocycles. The number of nitrogens with one attached hydrogen (secondary N) is 1. The van der Waals surface area contributed by atoms with Crippen LogP contribution in [0.15, 0.2) is 64.8 Å².